The Morgan fingerprint density at radius 1 is 1.11 bits per heavy atom. The van der Waals surface area contributed by atoms with E-state index in [0.29, 0.717) is 23.1 Å². The van der Waals surface area contributed by atoms with E-state index in [4.69, 9.17) is 25.8 Å². The molecule has 188 valence electrons. The Balaban J connectivity index is 1.91. The second kappa shape index (κ2) is 10.8. The topological polar surface area (TPSA) is 89.5 Å². The van der Waals surface area contributed by atoms with Crippen molar-refractivity contribution in [2.75, 3.05) is 13.7 Å². The predicted molar refractivity (Wildman–Crippen MR) is 138 cm³/mol. The summed E-state index contributed by atoms with van der Waals surface area (Å²) in [6.45, 7) is 6.30. The molecule has 2 aromatic heterocycles. The fourth-order valence-corrected chi connectivity index (χ4v) is 3.99. The Labute approximate surface area is 212 Å². The Bertz CT molecular complexity index is 1500. The summed E-state index contributed by atoms with van der Waals surface area (Å²) in [6.07, 6.45) is 1.07. The van der Waals surface area contributed by atoms with Gasteiger partial charge < -0.3 is 14.2 Å². The predicted octanol–water partition coefficient (Wildman–Crippen LogP) is 3.99. The highest BCUT2D eigenvalue weighted by Crippen LogP contribution is 2.27. The minimum Gasteiger partial charge on any atom is -0.497 e. The SMILES string of the molecule is C=CC(Cn1c(=O)c2c(nc(Oc3cccc(OC)c3)n2Cc2ccc(Cl)cc2)n(C)c1=O)OCC. The van der Waals surface area contributed by atoms with Crippen molar-refractivity contribution in [3.63, 3.8) is 0 Å². The first kappa shape index (κ1) is 25.3. The number of fused-ring (bicyclic) bond motifs is 1. The van der Waals surface area contributed by atoms with Gasteiger partial charge in [-0.1, -0.05) is 35.9 Å². The molecule has 0 saturated carbocycles. The summed E-state index contributed by atoms with van der Waals surface area (Å²) in [6, 6.07) is 14.4. The van der Waals surface area contributed by atoms with Gasteiger partial charge >= 0.3 is 11.7 Å². The normalized spacial score (nSPS) is 12.0. The van der Waals surface area contributed by atoms with E-state index < -0.39 is 17.4 Å². The van der Waals surface area contributed by atoms with Crippen LogP contribution in [0.15, 0.2) is 70.8 Å². The third kappa shape index (κ3) is 5.07. The van der Waals surface area contributed by atoms with Crippen LogP contribution in [0, 0.1) is 0 Å². The zero-order chi connectivity index (χ0) is 25.8. The number of ether oxygens (including phenoxy) is 3. The number of halogens is 1. The van der Waals surface area contributed by atoms with Crippen LogP contribution >= 0.6 is 11.6 Å². The minimum absolute atomic E-state index is 0.0248. The third-order valence-corrected chi connectivity index (χ3v) is 5.96. The summed E-state index contributed by atoms with van der Waals surface area (Å²) in [5.41, 5.74) is 0.293. The van der Waals surface area contributed by atoms with Gasteiger partial charge in [0.2, 0.25) is 0 Å². The maximum absolute atomic E-state index is 13.7. The number of hydrogen-bond acceptors (Lipinski definition) is 6. The van der Waals surface area contributed by atoms with Gasteiger partial charge in [0.1, 0.15) is 11.5 Å². The lowest BCUT2D eigenvalue weighted by molar-refractivity contribution is 0.0824. The van der Waals surface area contributed by atoms with Gasteiger partial charge in [-0.25, -0.2) is 4.79 Å². The van der Waals surface area contributed by atoms with Gasteiger partial charge in [-0.3, -0.25) is 18.5 Å². The van der Waals surface area contributed by atoms with Crippen LogP contribution in [-0.4, -0.2) is 38.5 Å². The summed E-state index contributed by atoms with van der Waals surface area (Å²) in [5.74, 6) is 1.07. The van der Waals surface area contributed by atoms with Gasteiger partial charge in [-0.2, -0.15) is 4.98 Å². The van der Waals surface area contributed by atoms with Gasteiger partial charge in [0.25, 0.3) is 5.56 Å². The van der Waals surface area contributed by atoms with Gasteiger partial charge in [0.05, 0.1) is 26.3 Å². The molecule has 1 atom stereocenters. The van der Waals surface area contributed by atoms with Crippen molar-refractivity contribution in [2.24, 2.45) is 7.05 Å². The molecule has 0 radical (unpaired) electrons. The van der Waals surface area contributed by atoms with Crippen molar-refractivity contribution >= 4 is 22.8 Å². The molecule has 0 fully saturated rings. The molecule has 9 nitrogen and oxygen atoms in total. The van der Waals surface area contributed by atoms with Gasteiger partial charge in [-0.15, -0.1) is 6.58 Å². The number of benzene rings is 2. The standard InChI is InChI=1S/C26H27ClN4O5/c1-5-19(35-6-2)16-31-24(32)22-23(29(3)26(31)33)28-25(36-21-9-7-8-20(14-21)34-4)30(22)15-17-10-12-18(27)13-11-17/h5,7-14,19H,1,6,15-16H2,2-4H3. The van der Waals surface area contributed by atoms with Crippen LogP contribution in [0.2, 0.25) is 5.02 Å². The fourth-order valence-electron chi connectivity index (χ4n) is 3.87. The first-order valence-corrected chi connectivity index (χ1v) is 11.7. The molecule has 0 amide bonds. The molecule has 2 aromatic carbocycles. The molecule has 0 N–H and O–H groups in total. The lowest BCUT2D eigenvalue weighted by atomic mass is 10.2. The lowest BCUT2D eigenvalue weighted by Crippen LogP contribution is -2.42. The Hall–Kier alpha value is -3.82. The number of imidazole rings is 1. The minimum atomic E-state index is -0.511. The average molecular weight is 511 g/mol. The molecule has 0 saturated heterocycles. The summed E-state index contributed by atoms with van der Waals surface area (Å²) in [4.78, 5) is 31.4. The second-order valence-corrected chi connectivity index (χ2v) is 8.48. The van der Waals surface area contributed by atoms with Crippen molar-refractivity contribution in [3.8, 4) is 17.5 Å². The van der Waals surface area contributed by atoms with E-state index in [1.165, 1.54) is 4.57 Å². The molecular weight excluding hydrogens is 484 g/mol. The van der Waals surface area contributed by atoms with Crippen LogP contribution in [0.25, 0.3) is 11.2 Å². The molecule has 36 heavy (non-hydrogen) atoms. The van der Waals surface area contributed by atoms with Crippen LogP contribution in [0.5, 0.6) is 17.5 Å². The van der Waals surface area contributed by atoms with Crippen LogP contribution in [0.1, 0.15) is 12.5 Å². The highest BCUT2D eigenvalue weighted by Gasteiger charge is 2.23. The first-order valence-electron chi connectivity index (χ1n) is 11.4. The molecular formula is C26H27ClN4O5. The van der Waals surface area contributed by atoms with E-state index in [2.05, 4.69) is 11.6 Å². The van der Waals surface area contributed by atoms with Crippen molar-refractivity contribution in [2.45, 2.75) is 26.1 Å². The molecule has 0 aliphatic carbocycles. The molecule has 2 heterocycles. The van der Waals surface area contributed by atoms with Crippen LogP contribution < -0.4 is 20.7 Å². The number of aryl methyl sites for hydroxylation is 1. The lowest BCUT2D eigenvalue weighted by Gasteiger charge is -2.15. The Morgan fingerprint density at radius 3 is 2.50 bits per heavy atom. The summed E-state index contributed by atoms with van der Waals surface area (Å²) >= 11 is 6.06. The average Bonchev–Trinajstić information content (AvgIpc) is 3.23. The molecule has 4 aromatic rings. The van der Waals surface area contributed by atoms with Gasteiger partial charge in [0.15, 0.2) is 11.2 Å². The van der Waals surface area contributed by atoms with Gasteiger partial charge in [-0.05, 0) is 36.8 Å². The number of aromatic nitrogens is 4. The monoisotopic (exact) mass is 510 g/mol. The van der Waals surface area contributed by atoms with E-state index >= 15 is 0 Å². The molecule has 0 aliphatic rings. The van der Waals surface area contributed by atoms with E-state index in [1.807, 2.05) is 19.1 Å². The Kier molecular flexibility index (Phi) is 7.61. The summed E-state index contributed by atoms with van der Waals surface area (Å²) in [5, 5.41) is 0.596. The van der Waals surface area contributed by atoms with Crippen LogP contribution in [-0.2, 0) is 24.9 Å². The zero-order valence-electron chi connectivity index (χ0n) is 20.3. The zero-order valence-corrected chi connectivity index (χ0v) is 21.1. The molecule has 0 aliphatic heterocycles. The van der Waals surface area contributed by atoms with Crippen molar-refractivity contribution < 1.29 is 14.2 Å². The highest BCUT2D eigenvalue weighted by molar-refractivity contribution is 6.30. The van der Waals surface area contributed by atoms with Crippen molar-refractivity contribution in [3.05, 3.63) is 92.6 Å². The summed E-state index contributed by atoms with van der Waals surface area (Å²) < 4.78 is 21.1. The first-order chi connectivity index (χ1) is 17.4. The fraction of sp³-hybridized carbons (Fsp3) is 0.269. The van der Waals surface area contributed by atoms with Crippen LogP contribution in [0.4, 0.5) is 0 Å². The molecule has 0 bridgehead atoms. The van der Waals surface area contributed by atoms with Gasteiger partial charge in [0, 0.05) is 24.7 Å². The van der Waals surface area contributed by atoms with Crippen molar-refractivity contribution in [1.82, 2.24) is 18.7 Å². The highest BCUT2D eigenvalue weighted by atomic mass is 35.5. The molecule has 4 rings (SSSR count). The van der Waals surface area contributed by atoms with E-state index in [1.54, 1.807) is 61.2 Å². The maximum atomic E-state index is 13.7. The second-order valence-electron chi connectivity index (χ2n) is 8.05. The number of rotatable bonds is 10. The van der Waals surface area contributed by atoms with E-state index in [0.717, 1.165) is 10.1 Å². The smallest absolute Gasteiger partial charge is 0.332 e. The number of methoxy groups -OCH3 is 1. The Morgan fingerprint density at radius 2 is 1.83 bits per heavy atom. The van der Waals surface area contributed by atoms with E-state index in [-0.39, 0.29) is 30.3 Å². The third-order valence-electron chi connectivity index (χ3n) is 5.71. The maximum Gasteiger partial charge on any atom is 0.332 e. The van der Waals surface area contributed by atoms with Crippen LogP contribution in [0.3, 0.4) is 0 Å². The number of hydrogen-bond donors (Lipinski definition) is 0. The molecule has 0 spiro atoms. The molecule has 10 heteroatoms. The summed E-state index contributed by atoms with van der Waals surface area (Å²) in [7, 11) is 3.13. The number of nitrogens with zero attached hydrogens (tertiary/aromatic N) is 4. The quantitative estimate of drug-likeness (QED) is 0.300. The largest absolute Gasteiger partial charge is 0.497 e. The van der Waals surface area contributed by atoms with E-state index in [9.17, 15) is 9.59 Å². The molecule has 1 unspecified atom stereocenters. The van der Waals surface area contributed by atoms with Crippen molar-refractivity contribution in [1.29, 1.82) is 0 Å².